The molecule has 0 saturated carbocycles. The standard InChI is InChI=1S/C13H17NO4S2/c1-9(6-11-4-3-5-18-11)14-20(16,17)13-7-12(8-15)19-10(13)2/h3-5,7,9,14-15H,6,8H2,1-2H3. The zero-order chi connectivity index (χ0) is 14.8. The summed E-state index contributed by atoms with van der Waals surface area (Å²) in [5, 5.41) is 9.08. The van der Waals surface area contributed by atoms with E-state index in [0.717, 1.165) is 5.76 Å². The van der Waals surface area contributed by atoms with Gasteiger partial charge < -0.3 is 9.52 Å². The number of thiophene rings is 1. The summed E-state index contributed by atoms with van der Waals surface area (Å²) < 4.78 is 32.4. The highest BCUT2D eigenvalue weighted by atomic mass is 32.2. The van der Waals surface area contributed by atoms with Crippen molar-refractivity contribution >= 4 is 21.4 Å². The van der Waals surface area contributed by atoms with Gasteiger partial charge >= 0.3 is 0 Å². The predicted octanol–water partition coefficient (Wildman–Crippen LogP) is 2.05. The van der Waals surface area contributed by atoms with E-state index < -0.39 is 10.0 Å². The summed E-state index contributed by atoms with van der Waals surface area (Å²) in [5.74, 6) is 0.735. The van der Waals surface area contributed by atoms with Gasteiger partial charge in [-0.2, -0.15) is 0 Å². The van der Waals surface area contributed by atoms with Crippen molar-refractivity contribution in [3.8, 4) is 0 Å². The van der Waals surface area contributed by atoms with Gasteiger partial charge in [0.25, 0.3) is 0 Å². The Balaban J connectivity index is 2.12. The number of nitrogens with one attached hydrogen (secondary N) is 1. The van der Waals surface area contributed by atoms with E-state index in [1.54, 1.807) is 26.2 Å². The lowest BCUT2D eigenvalue weighted by molar-refractivity contribution is 0.285. The highest BCUT2D eigenvalue weighted by molar-refractivity contribution is 7.89. The van der Waals surface area contributed by atoms with Gasteiger partial charge in [0.2, 0.25) is 10.0 Å². The van der Waals surface area contributed by atoms with E-state index in [9.17, 15) is 8.42 Å². The number of rotatable bonds is 6. The maximum atomic E-state index is 12.3. The Hall–Kier alpha value is -1.15. The van der Waals surface area contributed by atoms with Gasteiger partial charge in [-0.25, -0.2) is 13.1 Å². The third kappa shape index (κ3) is 3.49. The lowest BCUT2D eigenvalue weighted by atomic mass is 10.2. The van der Waals surface area contributed by atoms with Crippen LogP contribution in [0.4, 0.5) is 0 Å². The maximum absolute atomic E-state index is 12.3. The van der Waals surface area contributed by atoms with Crippen LogP contribution in [0.25, 0.3) is 0 Å². The van der Waals surface area contributed by atoms with E-state index in [-0.39, 0.29) is 17.5 Å². The molecule has 2 heterocycles. The summed E-state index contributed by atoms with van der Waals surface area (Å²) in [7, 11) is -3.57. The van der Waals surface area contributed by atoms with E-state index in [4.69, 9.17) is 9.52 Å². The van der Waals surface area contributed by atoms with Crippen LogP contribution in [-0.4, -0.2) is 19.6 Å². The molecule has 5 nitrogen and oxygen atoms in total. The van der Waals surface area contributed by atoms with Crippen LogP contribution in [0.5, 0.6) is 0 Å². The summed E-state index contributed by atoms with van der Waals surface area (Å²) in [6.45, 7) is 3.37. The highest BCUT2D eigenvalue weighted by Gasteiger charge is 2.22. The zero-order valence-electron chi connectivity index (χ0n) is 11.3. The fraction of sp³-hybridized carbons (Fsp3) is 0.385. The van der Waals surface area contributed by atoms with Crippen LogP contribution in [-0.2, 0) is 23.1 Å². The van der Waals surface area contributed by atoms with Crippen molar-refractivity contribution in [1.82, 2.24) is 4.72 Å². The minimum atomic E-state index is -3.57. The van der Waals surface area contributed by atoms with Gasteiger partial charge in [-0.3, -0.25) is 0 Å². The third-order valence-corrected chi connectivity index (χ3v) is 5.69. The van der Waals surface area contributed by atoms with Crippen molar-refractivity contribution in [2.75, 3.05) is 0 Å². The first-order valence-electron chi connectivity index (χ1n) is 6.17. The van der Waals surface area contributed by atoms with Crippen LogP contribution >= 0.6 is 11.3 Å². The molecule has 1 unspecified atom stereocenters. The molecule has 0 bridgehead atoms. The Labute approximate surface area is 122 Å². The number of sulfonamides is 1. The molecule has 7 heteroatoms. The fourth-order valence-corrected chi connectivity index (χ4v) is 4.71. The van der Waals surface area contributed by atoms with Crippen molar-refractivity contribution in [2.24, 2.45) is 0 Å². The zero-order valence-corrected chi connectivity index (χ0v) is 12.9. The van der Waals surface area contributed by atoms with Crippen LogP contribution in [0.1, 0.15) is 22.4 Å². The molecule has 2 rings (SSSR count). The van der Waals surface area contributed by atoms with Gasteiger partial charge in [-0.05, 0) is 32.0 Å². The Kier molecular flexibility index (Phi) is 4.64. The number of aryl methyl sites for hydroxylation is 1. The fourth-order valence-electron chi connectivity index (χ4n) is 1.97. The van der Waals surface area contributed by atoms with Crippen molar-refractivity contribution in [3.05, 3.63) is 40.0 Å². The van der Waals surface area contributed by atoms with Gasteiger partial charge in [-0.1, -0.05) is 0 Å². The molecule has 2 aromatic heterocycles. The van der Waals surface area contributed by atoms with E-state index in [0.29, 0.717) is 16.2 Å². The van der Waals surface area contributed by atoms with Crippen molar-refractivity contribution in [2.45, 2.75) is 37.8 Å². The number of hydrogen-bond donors (Lipinski definition) is 2. The normalized spacial score (nSPS) is 13.6. The first-order chi connectivity index (χ1) is 9.42. The summed E-state index contributed by atoms with van der Waals surface area (Å²) in [6.07, 6.45) is 2.05. The highest BCUT2D eigenvalue weighted by Crippen LogP contribution is 2.25. The monoisotopic (exact) mass is 315 g/mol. The largest absolute Gasteiger partial charge is 0.469 e. The number of furan rings is 1. The molecule has 110 valence electrons. The molecule has 0 radical (unpaired) electrons. The second-order valence-corrected chi connectivity index (χ2v) is 7.62. The van der Waals surface area contributed by atoms with Gasteiger partial charge in [0, 0.05) is 22.2 Å². The number of hydrogen-bond acceptors (Lipinski definition) is 5. The Morgan fingerprint density at radius 2 is 2.25 bits per heavy atom. The molecular weight excluding hydrogens is 298 g/mol. The van der Waals surface area contributed by atoms with E-state index >= 15 is 0 Å². The molecule has 2 N–H and O–H groups in total. The Morgan fingerprint density at radius 3 is 2.80 bits per heavy atom. The molecule has 0 spiro atoms. The van der Waals surface area contributed by atoms with Crippen molar-refractivity contribution in [1.29, 1.82) is 0 Å². The second-order valence-electron chi connectivity index (χ2n) is 4.60. The predicted molar refractivity (Wildman–Crippen MR) is 77.2 cm³/mol. The maximum Gasteiger partial charge on any atom is 0.241 e. The molecule has 0 amide bonds. The Morgan fingerprint density at radius 1 is 1.50 bits per heavy atom. The first kappa shape index (κ1) is 15.2. The van der Waals surface area contributed by atoms with E-state index in [2.05, 4.69) is 4.72 Å². The summed E-state index contributed by atoms with van der Waals surface area (Å²) >= 11 is 1.29. The van der Waals surface area contributed by atoms with Crippen LogP contribution in [0.3, 0.4) is 0 Å². The topological polar surface area (TPSA) is 79.5 Å². The average Bonchev–Trinajstić information content (AvgIpc) is 2.97. The van der Waals surface area contributed by atoms with Gasteiger partial charge in [0.15, 0.2) is 0 Å². The molecule has 20 heavy (non-hydrogen) atoms. The first-order valence-corrected chi connectivity index (χ1v) is 8.47. The number of aliphatic hydroxyl groups excluding tert-OH is 1. The molecule has 0 fully saturated rings. The average molecular weight is 315 g/mol. The van der Waals surface area contributed by atoms with Gasteiger partial charge in [-0.15, -0.1) is 11.3 Å². The van der Waals surface area contributed by atoms with Crippen LogP contribution in [0, 0.1) is 6.92 Å². The van der Waals surface area contributed by atoms with Crippen LogP contribution in [0.15, 0.2) is 33.8 Å². The lowest BCUT2D eigenvalue weighted by Gasteiger charge is -2.12. The number of aliphatic hydroxyl groups is 1. The van der Waals surface area contributed by atoms with Crippen molar-refractivity contribution < 1.29 is 17.9 Å². The summed E-state index contributed by atoms with van der Waals surface area (Å²) in [4.78, 5) is 1.55. The summed E-state index contributed by atoms with van der Waals surface area (Å²) in [6, 6.07) is 4.82. The quantitative estimate of drug-likeness (QED) is 0.855. The molecular formula is C13H17NO4S2. The van der Waals surface area contributed by atoms with Crippen LogP contribution in [0.2, 0.25) is 0 Å². The van der Waals surface area contributed by atoms with Gasteiger partial charge in [0.05, 0.1) is 17.8 Å². The molecule has 0 saturated heterocycles. The second kappa shape index (κ2) is 6.09. The molecule has 0 aliphatic carbocycles. The SMILES string of the molecule is Cc1sc(CO)cc1S(=O)(=O)NC(C)Cc1ccco1. The smallest absolute Gasteiger partial charge is 0.241 e. The van der Waals surface area contributed by atoms with E-state index in [1.165, 1.54) is 17.4 Å². The molecule has 0 aliphatic heterocycles. The molecule has 1 atom stereocenters. The minimum absolute atomic E-state index is 0.150. The van der Waals surface area contributed by atoms with Crippen LogP contribution < -0.4 is 4.72 Å². The Bertz CT molecular complexity index is 659. The van der Waals surface area contributed by atoms with Gasteiger partial charge in [0.1, 0.15) is 5.76 Å². The van der Waals surface area contributed by atoms with Crippen molar-refractivity contribution in [3.63, 3.8) is 0 Å². The minimum Gasteiger partial charge on any atom is -0.469 e. The molecule has 0 aromatic carbocycles. The van der Waals surface area contributed by atoms with E-state index in [1.807, 2.05) is 6.07 Å². The molecule has 2 aromatic rings. The lowest BCUT2D eigenvalue weighted by Crippen LogP contribution is -2.34. The molecule has 0 aliphatic rings. The third-order valence-electron chi connectivity index (χ3n) is 2.81. The summed E-state index contributed by atoms with van der Waals surface area (Å²) in [5.41, 5.74) is 0.